The summed E-state index contributed by atoms with van der Waals surface area (Å²) in [5.74, 6) is 0.596. The molecule has 0 saturated carbocycles. The highest BCUT2D eigenvalue weighted by Crippen LogP contribution is 2.16. The smallest absolute Gasteiger partial charge is 0.317 e. The second-order valence-corrected chi connectivity index (χ2v) is 5.38. The third-order valence-electron chi connectivity index (χ3n) is 3.36. The lowest BCUT2D eigenvalue weighted by Crippen LogP contribution is -2.38. The molecule has 0 spiro atoms. The van der Waals surface area contributed by atoms with Gasteiger partial charge in [0.25, 0.3) is 0 Å². The lowest BCUT2D eigenvalue weighted by Gasteiger charge is -2.19. The molecular weight excluding hydrogens is 240 g/mol. The molecule has 1 aromatic rings. The minimum Gasteiger partial charge on any atom is -0.334 e. The zero-order valence-electron chi connectivity index (χ0n) is 11.7. The van der Waals surface area contributed by atoms with Crippen LogP contribution in [0.1, 0.15) is 12.0 Å². The first-order valence-corrected chi connectivity index (χ1v) is 6.71. The van der Waals surface area contributed by atoms with Crippen molar-refractivity contribution in [3.05, 3.63) is 30.1 Å². The quantitative estimate of drug-likeness (QED) is 0.886. The Balaban J connectivity index is 1.75. The van der Waals surface area contributed by atoms with Crippen molar-refractivity contribution in [1.29, 1.82) is 0 Å². The molecule has 5 nitrogen and oxygen atoms in total. The summed E-state index contributed by atoms with van der Waals surface area (Å²) in [5.41, 5.74) is 1.03. The van der Waals surface area contributed by atoms with Crippen molar-refractivity contribution in [1.82, 2.24) is 20.1 Å². The number of aromatic nitrogens is 1. The van der Waals surface area contributed by atoms with Crippen molar-refractivity contribution in [2.24, 2.45) is 5.92 Å². The van der Waals surface area contributed by atoms with Gasteiger partial charge in [0.1, 0.15) is 0 Å². The van der Waals surface area contributed by atoms with E-state index in [9.17, 15) is 4.79 Å². The predicted octanol–water partition coefficient (Wildman–Crippen LogP) is 1.17. The van der Waals surface area contributed by atoms with Crippen LogP contribution >= 0.6 is 0 Å². The van der Waals surface area contributed by atoms with Crippen LogP contribution in [0.4, 0.5) is 4.79 Å². The SMILES string of the molecule is CN(C)C[C@@H]1CCN(C(=O)NCc2cccnc2)C1. The largest absolute Gasteiger partial charge is 0.334 e. The number of hydrogen-bond donors (Lipinski definition) is 1. The molecule has 0 aromatic carbocycles. The highest BCUT2D eigenvalue weighted by atomic mass is 16.2. The van der Waals surface area contributed by atoms with Gasteiger partial charge in [-0.2, -0.15) is 0 Å². The van der Waals surface area contributed by atoms with Crippen LogP contribution in [0.5, 0.6) is 0 Å². The molecule has 0 unspecified atom stereocenters. The normalized spacial score (nSPS) is 18.9. The van der Waals surface area contributed by atoms with Gasteiger partial charge in [-0.25, -0.2) is 4.79 Å². The van der Waals surface area contributed by atoms with E-state index >= 15 is 0 Å². The Kier molecular flexibility index (Phi) is 4.74. The summed E-state index contributed by atoms with van der Waals surface area (Å²) in [6, 6.07) is 3.88. The summed E-state index contributed by atoms with van der Waals surface area (Å²) in [6.07, 6.45) is 4.61. The Labute approximate surface area is 114 Å². The maximum atomic E-state index is 12.0. The summed E-state index contributed by atoms with van der Waals surface area (Å²) >= 11 is 0. The molecule has 1 saturated heterocycles. The average molecular weight is 262 g/mol. The molecule has 2 heterocycles. The highest BCUT2D eigenvalue weighted by molar-refractivity contribution is 5.74. The number of carbonyl (C=O) groups excluding carboxylic acids is 1. The Morgan fingerprint density at radius 2 is 2.42 bits per heavy atom. The van der Waals surface area contributed by atoms with E-state index < -0.39 is 0 Å². The van der Waals surface area contributed by atoms with Gasteiger partial charge in [-0.05, 0) is 38.1 Å². The molecule has 0 radical (unpaired) electrons. The predicted molar refractivity (Wildman–Crippen MR) is 74.7 cm³/mol. The molecule has 1 aliphatic heterocycles. The van der Waals surface area contributed by atoms with E-state index in [0.717, 1.165) is 31.6 Å². The second kappa shape index (κ2) is 6.52. The number of likely N-dealkylation sites (tertiary alicyclic amines) is 1. The molecular formula is C14H22N4O. The first-order valence-electron chi connectivity index (χ1n) is 6.71. The fourth-order valence-electron chi connectivity index (χ4n) is 2.47. The third-order valence-corrected chi connectivity index (χ3v) is 3.36. The van der Waals surface area contributed by atoms with Gasteiger partial charge in [-0.15, -0.1) is 0 Å². The number of urea groups is 1. The molecule has 1 aromatic heterocycles. The van der Waals surface area contributed by atoms with Crippen LogP contribution in [0.2, 0.25) is 0 Å². The van der Waals surface area contributed by atoms with Crippen LogP contribution < -0.4 is 5.32 Å². The summed E-state index contributed by atoms with van der Waals surface area (Å²) in [7, 11) is 4.15. The van der Waals surface area contributed by atoms with Crippen LogP contribution in [0.3, 0.4) is 0 Å². The Hall–Kier alpha value is -1.62. The summed E-state index contributed by atoms with van der Waals surface area (Å²) in [5, 5.41) is 2.95. The van der Waals surface area contributed by atoms with Gasteiger partial charge in [0, 0.05) is 38.6 Å². The molecule has 104 valence electrons. The lowest BCUT2D eigenvalue weighted by molar-refractivity contribution is 0.205. The molecule has 1 aliphatic rings. The zero-order valence-corrected chi connectivity index (χ0v) is 11.7. The van der Waals surface area contributed by atoms with E-state index in [1.54, 1.807) is 12.4 Å². The van der Waals surface area contributed by atoms with Gasteiger partial charge >= 0.3 is 6.03 Å². The van der Waals surface area contributed by atoms with E-state index in [4.69, 9.17) is 0 Å². The van der Waals surface area contributed by atoms with Crippen LogP contribution in [-0.2, 0) is 6.54 Å². The number of pyridine rings is 1. The van der Waals surface area contributed by atoms with Crippen molar-refractivity contribution in [2.75, 3.05) is 33.7 Å². The molecule has 2 amide bonds. The number of nitrogens with zero attached hydrogens (tertiary/aromatic N) is 3. The standard InChI is InChI=1S/C14H22N4O/c1-17(2)10-13-5-7-18(11-13)14(19)16-9-12-4-3-6-15-8-12/h3-4,6,8,13H,5,7,9-11H2,1-2H3,(H,16,19)/t13-/m0/s1. The minimum atomic E-state index is 0.0325. The number of hydrogen-bond acceptors (Lipinski definition) is 3. The lowest BCUT2D eigenvalue weighted by atomic mass is 10.1. The van der Waals surface area contributed by atoms with Crippen molar-refractivity contribution in [3.63, 3.8) is 0 Å². The second-order valence-electron chi connectivity index (χ2n) is 5.38. The van der Waals surface area contributed by atoms with Crippen LogP contribution in [0.15, 0.2) is 24.5 Å². The Bertz CT molecular complexity index is 407. The fourth-order valence-corrected chi connectivity index (χ4v) is 2.47. The molecule has 1 fully saturated rings. The van der Waals surface area contributed by atoms with E-state index in [2.05, 4.69) is 29.3 Å². The van der Waals surface area contributed by atoms with Crippen LogP contribution in [0, 0.1) is 5.92 Å². The van der Waals surface area contributed by atoms with Crippen molar-refractivity contribution >= 4 is 6.03 Å². The summed E-state index contributed by atoms with van der Waals surface area (Å²) in [4.78, 5) is 20.2. The van der Waals surface area contributed by atoms with Gasteiger partial charge in [0.15, 0.2) is 0 Å². The molecule has 1 N–H and O–H groups in total. The molecule has 0 bridgehead atoms. The maximum absolute atomic E-state index is 12.0. The van der Waals surface area contributed by atoms with Crippen LogP contribution in [-0.4, -0.2) is 54.5 Å². The Morgan fingerprint density at radius 1 is 1.58 bits per heavy atom. The van der Waals surface area contributed by atoms with E-state index in [-0.39, 0.29) is 6.03 Å². The molecule has 1 atom stereocenters. The van der Waals surface area contributed by atoms with Gasteiger partial charge in [0.05, 0.1) is 0 Å². The molecule has 19 heavy (non-hydrogen) atoms. The topological polar surface area (TPSA) is 48.5 Å². The number of rotatable bonds is 4. The number of carbonyl (C=O) groups is 1. The van der Waals surface area contributed by atoms with Crippen LogP contribution in [0.25, 0.3) is 0 Å². The minimum absolute atomic E-state index is 0.0325. The van der Waals surface area contributed by atoms with Gasteiger partial charge in [-0.1, -0.05) is 6.07 Å². The van der Waals surface area contributed by atoms with Crippen molar-refractivity contribution in [3.8, 4) is 0 Å². The van der Waals surface area contributed by atoms with E-state index in [1.165, 1.54) is 0 Å². The van der Waals surface area contributed by atoms with E-state index in [0.29, 0.717) is 12.5 Å². The maximum Gasteiger partial charge on any atom is 0.317 e. The summed E-state index contributed by atoms with van der Waals surface area (Å²) < 4.78 is 0. The highest BCUT2D eigenvalue weighted by Gasteiger charge is 2.26. The van der Waals surface area contributed by atoms with E-state index in [1.807, 2.05) is 17.0 Å². The monoisotopic (exact) mass is 262 g/mol. The first-order chi connectivity index (χ1) is 9.15. The van der Waals surface area contributed by atoms with Gasteiger partial charge in [-0.3, -0.25) is 4.98 Å². The zero-order chi connectivity index (χ0) is 13.7. The molecule has 2 rings (SSSR count). The average Bonchev–Trinajstić information content (AvgIpc) is 2.85. The molecule has 5 heteroatoms. The fraction of sp³-hybridized carbons (Fsp3) is 0.571. The number of nitrogens with one attached hydrogen (secondary N) is 1. The first kappa shape index (κ1) is 13.8. The van der Waals surface area contributed by atoms with Crippen molar-refractivity contribution < 1.29 is 4.79 Å². The van der Waals surface area contributed by atoms with Gasteiger partial charge in [0.2, 0.25) is 0 Å². The Morgan fingerprint density at radius 3 is 3.11 bits per heavy atom. The van der Waals surface area contributed by atoms with Gasteiger partial charge < -0.3 is 15.1 Å². The molecule has 0 aliphatic carbocycles. The third kappa shape index (κ3) is 4.21. The summed E-state index contributed by atoms with van der Waals surface area (Å²) in [6.45, 7) is 3.31. The number of amides is 2. The van der Waals surface area contributed by atoms with Crippen molar-refractivity contribution in [2.45, 2.75) is 13.0 Å².